The van der Waals surface area contributed by atoms with E-state index in [0.717, 1.165) is 17.9 Å². The fraction of sp³-hybridized carbons (Fsp3) is 1.00. The third-order valence-corrected chi connectivity index (χ3v) is 4.45. The second-order valence-corrected chi connectivity index (χ2v) is 7.71. The minimum Gasteiger partial charge on any atom is -0.314 e. The summed E-state index contributed by atoms with van der Waals surface area (Å²) in [6.07, 6.45) is 9.77. The Labute approximate surface area is 115 Å². The highest BCUT2D eigenvalue weighted by atomic mass is 14.9. The number of rotatable bonds is 8. The molecule has 0 saturated heterocycles. The van der Waals surface area contributed by atoms with Crippen molar-refractivity contribution < 1.29 is 0 Å². The van der Waals surface area contributed by atoms with E-state index in [2.05, 4.69) is 39.9 Å². The first kappa shape index (κ1) is 16.0. The van der Waals surface area contributed by atoms with Gasteiger partial charge in [-0.15, -0.1) is 0 Å². The molecule has 1 rings (SSSR count). The molecule has 0 spiro atoms. The molecule has 0 amide bonds. The molecule has 2 unspecified atom stereocenters. The van der Waals surface area contributed by atoms with Gasteiger partial charge in [0.15, 0.2) is 0 Å². The second-order valence-electron chi connectivity index (χ2n) is 7.71. The zero-order valence-electron chi connectivity index (χ0n) is 13.4. The Bertz CT molecular complexity index is 220. The van der Waals surface area contributed by atoms with Crippen LogP contribution in [0.15, 0.2) is 0 Å². The molecule has 0 radical (unpaired) electrons. The molecule has 0 aromatic heterocycles. The maximum atomic E-state index is 3.79. The Hall–Kier alpha value is -0.0400. The highest BCUT2D eigenvalue weighted by Crippen LogP contribution is 2.40. The number of hydrogen-bond donors (Lipinski definition) is 1. The van der Waals surface area contributed by atoms with Gasteiger partial charge in [-0.3, -0.25) is 0 Å². The monoisotopic (exact) mass is 253 g/mol. The average molecular weight is 253 g/mol. The van der Waals surface area contributed by atoms with E-state index in [1.165, 1.54) is 51.5 Å². The van der Waals surface area contributed by atoms with Gasteiger partial charge in [-0.2, -0.15) is 0 Å². The summed E-state index contributed by atoms with van der Waals surface area (Å²) < 4.78 is 0. The van der Waals surface area contributed by atoms with Gasteiger partial charge in [-0.1, -0.05) is 60.3 Å². The highest BCUT2D eigenvalue weighted by Gasteiger charge is 2.35. The molecule has 0 aliphatic heterocycles. The van der Waals surface area contributed by atoms with Crippen molar-refractivity contribution in [1.82, 2.24) is 5.32 Å². The van der Waals surface area contributed by atoms with E-state index in [1.807, 2.05) is 0 Å². The number of hydrogen-bond acceptors (Lipinski definition) is 1. The van der Waals surface area contributed by atoms with E-state index < -0.39 is 0 Å². The van der Waals surface area contributed by atoms with E-state index in [4.69, 9.17) is 0 Å². The summed E-state index contributed by atoms with van der Waals surface area (Å²) in [5.41, 5.74) is 0.564. The van der Waals surface area contributed by atoms with Crippen molar-refractivity contribution in [2.24, 2.45) is 17.3 Å². The molecule has 1 N–H and O–H groups in total. The molecule has 0 bridgehead atoms. The van der Waals surface area contributed by atoms with E-state index >= 15 is 0 Å². The van der Waals surface area contributed by atoms with Crippen molar-refractivity contribution in [3.63, 3.8) is 0 Å². The third-order valence-electron chi connectivity index (χ3n) is 4.45. The van der Waals surface area contributed by atoms with Crippen molar-refractivity contribution in [3.05, 3.63) is 0 Å². The molecule has 1 heteroatoms. The summed E-state index contributed by atoms with van der Waals surface area (Å²) in [6, 6.07) is 0.774. The van der Waals surface area contributed by atoms with Gasteiger partial charge in [-0.25, -0.2) is 0 Å². The predicted octanol–water partition coefficient (Wildman–Crippen LogP) is 5.01. The lowest BCUT2D eigenvalue weighted by Crippen LogP contribution is -2.32. The first-order valence-electron chi connectivity index (χ1n) is 8.14. The zero-order valence-corrected chi connectivity index (χ0v) is 13.4. The van der Waals surface area contributed by atoms with Crippen LogP contribution in [0.4, 0.5) is 0 Å². The molecular weight excluding hydrogens is 218 g/mol. The highest BCUT2D eigenvalue weighted by molar-refractivity contribution is 4.90. The number of nitrogens with one attached hydrogen (secondary N) is 1. The molecule has 1 fully saturated rings. The fourth-order valence-corrected chi connectivity index (χ4v) is 3.49. The van der Waals surface area contributed by atoms with E-state index in [1.54, 1.807) is 0 Å². The molecule has 1 saturated carbocycles. The van der Waals surface area contributed by atoms with Crippen molar-refractivity contribution >= 4 is 0 Å². The quantitative estimate of drug-likeness (QED) is 0.600. The Morgan fingerprint density at radius 3 is 2.28 bits per heavy atom. The van der Waals surface area contributed by atoms with Crippen LogP contribution in [-0.4, -0.2) is 12.6 Å². The lowest BCUT2D eigenvalue weighted by atomic mass is 9.91. The molecule has 108 valence electrons. The van der Waals surface area contributed by atoms with Crippen LogP contribution in [0.1, 0.15) is 79.6 Å². The van der Waals surface area contributed by atoms with Crippen LogP contribution in [-0.2, 0) is 0 Å². The van der Waals surface area contributed by atoms with Gasteiger partial charge in [-0.05, 0) is 43.1 Å². The third kappa shape index (κ3) is 6.22. The topological polar surface area (TPSA) is 12.0 Å². The van der Waals surface area contributed by atoms with Gasteiger partial charge in [0.2, 0.25) is 0 Å². The van der Waals surface area contributed by atoms with Gasteiger partial charge >= 0.3 is 0 Å². The van der Waals surface area contributed by atoms with Crippen molar-refractivity contribution in [2.75, 3.05) is 6.54 Å². The maximum absolute atomic E-state index is 3.79. The molecule has 18 heavy (non-hydrogen) atoms. The maximum Gasteiger partial charge on any atom is 0.00979 e. The fourth-order valence-electron chi connectivity index (χ4n) is 3.49. The molecule has 1 aliphatic carbocycles. The Balaban J connectivity index is 1.98. The number of unbranched alkanes of at least 4 members (excludes halogenated alkanes) is 3. The molecule has 2 atom stereocenters. The Morgan fingerprint density at radius 2 is 1.72 bits per heavy atom. The van der Waals surface area contributed by atoms with Crippen molar-refractivity contribution in [2.45, 2.75) is 85.6 Å². The summed E-state index contributed by atoms with van der Waals surface area (Å²) >= 11 is 0. The Kier molecular flexibility index (Phi) is 6.70. The standard InChI is InChI=1S/C17H35N/c1-14(2)10-8-6-7-9-11-18-16-13-17(4,5)12-15(16)3/h14-16,18H,6-13H2,1-5H3. The van der Waals surface area contributed by atoms with Gasteiger partial charge in [0.25, 0.3) is 0 Å². The van der Waals surface area contributed by atoms with Gasteiger partial charge < -0.3 is 5.32 Å². The second kappa shape index (κ2) is 7.53. The van der Waals surface area contributed by atoms with Crippen molar-refractivity contribution in [3.8, 4) is 0 Å². The van der Waals surface area contributed by atoms with Crippen LogP contribution in [0.3, 0.4) is 0 Å². The molecule has 1 nitrogen and oxygen atoms in total. The normalized spacial score (nSPS) is 27.0. The van der Waals surface area contributed by atoms with Crippen LogP contribution < -0.4 is 5.32 Å². The smallest absolute Gasteiger partial charge is 0.00979 e. The lowest BCUT2D eigenvalue weighted by molar-refractivity contribution is 0.361. The van der Waals surface area contributed by atoms with Crippen LogP contribution >= 0.6 is 0 Å². The molecule has 0 aromatic carbocycles. The minimum absolute atomic E-state index is 0.564. The molecular formula is C17H35N. The van der Waals surface area contributed by atoms with Crippen LogP contribution in [0.2, 0.25) is 0 Å². The van der Waals surface area contributed by atoms with Crippen LogP contribution in [0, 0.1) is 17.3 Å². The zero-order chi connectivity index (χ0) is 13.6. The average Bonchev–Trinajstić information content (AvgIpc) is 2.50. The van der Waals surface area contributed by atoms with Gasteiger partial charge in [0.05, 0.1) is 0 Å². The lowest BCUT2D eigenvalue weighted by Gasteiger charge is -2.18. The molecule has 0 heterocycles. The predicted molar refractivity (Wildman–Crippen MR) is 81.9 cm³/mol. The van der Waals surface area contributed by atoms with Gasteiger partial charge in [0.1, 0.15) is 0 Å². The van der Waals surface area contributed by atoms with Crippen LogP contribution in [0.5, 0.6) is 0 Å². The molecule has 1 aliphatic rings. The van der Waals surface area contributed by atoms with Crippen LogP contribution in [0.25, 0.3) is 0 Å². The summed E-state index contributed by atoms with van der Waals surface area (Å²) in [6.45, 7) is 13.1. The largest absolute Gasteiger partial charge is 0.314 e. The summed E-state index contributed by atoms with van der Waals surface area (Å²) in [4.78, 5) is 0. The van der Waals surface area contributed by atoms with E-state index in [-0.39, 0.29) is 0 Å². The summed E-state index contributed by atoms with van der Waals surface area (Å²) in [5.74, 6) is 1.74. The first-order valence-corrected chi connectivity index (χ1v) is 8.14. The van der Waals surface area contributed by atoms with Crippen molar-refractivity contribution in [1.29, 1.82) is 0 Å². The van der Waals surface area contributed by atoms with E-state index in [0.29, 0.717) is 5.41 Å². The van der Waals surface area contributed by atoms with Gasteiger partial charge in [0, 0.05) is 6.04 Å². The SMILES string of the molecule is CC(C)CCCCCCNC1CC(C)(C)CC1C. The van der Waals surface area contributed by atoms with E-state index in [9.17, 15) is 0 Å². The summed E-state index contributed by atoms with van der Waals surface area (Å²) in [5, 5.41) is 3.79. The molecule has 0 aromatic rings. The summed E-state index contributed by atoms with van der Waals surface area (Å²) in [7, 11) is 0. The Morgan fingerprint density at radius 1 is 1.06 bits per heavy atom. The minimum atomic E-state index is 0.564. The first-order chi connectivity index (χ1) is 8.41.